The molecule has 8 heteroatoms. The number of nitrogens with zero attached hydrogens (tertiary/aromatic N) is 4. The third kappa shape index (κ3) is 3.14. The molecule has 3 aromatic rings. The third-order valence-corrected chi connectivity index (χ3v) is 4.43. The predicted octanol–water partition coefficient (Wildman–Crippen LogP) is 1.20. The van der Waals surface area contributed by atoms with E-state index in [4.69, 9.17) is 0 Å². The van der Waals surface area contributed by atoms with E-state index in [0.717, 1.165) is 17.8 Å². The van der Waals surface area contributed by atoms with Gasteiger partial charge in [-0.15, -0.1) is 0 Å². The van der Waals surface area contributed by atoms with Crippen molar-refractivity contribution in [2.45, 2.75) is 19.5 Å². The number of benzene rings is 1. The number of phenols is 2. The van der Waals surface area contributed by atoms with Crippen molar-refractivity contribution in [3.63, 3.8) is 0 Å². The normalized spacial score (nSPS) is 14.2. The first kappa shape index (κ1) is 16.2. The van der Waals surface area contributed by atoms with Crippen molar-refractivity contribution < 1.29 is 10.2 Å². The second-order valence-corrected chi connectivity index (χ2v) is 6.25. The summed E-state index contributed by atoms with van der Waals surface area (Å²) in [7, 11) is 0. The van der Waals surface area contributed by atoms with E-state index in [2.05, 4.69) is 24.8 Å². The number of phenolic OH excluding ortho intramolecular Hbond substituents is 2. The van der Waals surface area contributed by atoms with E-state index in [1.807, 2.05) is 0 Å². The highest BCUT2D eigenvalue weighted by molar-refractivity contribution is 5.52. The van der Waals surface area contributed by atoms with Gasteiger partial charge in [0.25, 0.3) is 5.56 Å². The van der Waals surface area contributed by atoms with Gasteiger partial charge >= 0.3 is 0 Å². The molecule has 0 fully saturated rings. The van der Waals surface area contributed by atoms with E-state index in [0.29, 0.717) is 36.5 Å². The van der Waals surface area contributed by atoms with Crippen molar-refractivity contribution >= 4 is 0 Å². The number of aromatic amines is 1. The van der Waals surface area contributed by atoms with Crippen molar-refractivity contribution in [2.75, 3.05) is 6.54 Å². The van der Waals surface area contributed by atoms with Gasteiger partial charge in [0.1, 0.15) is 12.2 Å². The van der Waals surface area contributed by atoms with Crippen LogP contribution in [0.2, 0.25) is 0 Å². The predicted molar refractivity (Wildman–Crippen MR) is 93.5 cm³/mol. The van der Waals surface area contributed by atoms with Gasteiger partial charge in [-0.1, -0.05) is 6.07 Å². The lowest BCUT2D eigenvalue weighted by Gasteiger charge is -2.27. The van der Waals surface area contributed by atoms with Crippen LogP contribution in [0, 0.1) is 0 Å². The van der Waals surface area contributed by atoms with Gasteiger partial charge in [-0.25, -0.2) is 15.0 Å². The highest BCUT2D eigenvalue weighted by Crippen LogP contribution is 2.26. The van der Waals surface area contributed by atoms with Gasteiger partial charge in [0.05, 0.1) is 16.8 Å². The van der Waals surface area contributed by atoms with Crippen LogP contribution in [0.1, 0.15) is 16.8 Å². The number of aromatic nitrogens is 4. The van der Waals surface area contributed by atoms with Crippen molar-refractivity contribution in [1.82, 2.24) is 24.8 Å². The topological polar surface area (TPSA) is 115 Å². The highest BCUT2D eigenvalue weighted by Gasteiger charge is 2.22. The Balaban J connectivity index is 1.57. The number of hydrogen-bond donors (Lipinski definition) is 3. The molecule has 3 N–H and O–H groups in total. The number of nitrogens with one attached hydrogen (secondary N) is 1. The monoisotopic (exact) mass is 351 g/mol. The highest BCUT2D eigenvalue weighted by atomic mass is 16.3. The molecule has 1 aromatic carbocycles. The fraction of sp³-hybridized carbons (Fsp3) is 0.222. The average Bonchev–Trinajstić information content (AvgIpc) is 2.66. The summed E-state index contributed by atoms with van der Waals surface area (Å²) in [6, 6.07) is 4.75. The SMILES string of the molecule is O=c1[nH]c(-c2cncnc2)nc2c1CN(Cc1ccc(O)c(O)c1)CC2. The Morgan fingerprint density at radius 2 is 1.96 bits per heavy atom. The molecule has 0 aliphatic carbocycles. The first-order valence-electron chi connectivity index (χ1n) is 8.21. The fourth-order valence-electron chi connectivity index (χ4n) is 3.10. The molecule has 4 rings (SSSR count). The maximum Gasteiger partial charge on any atom is 0.255 e. The van der Waals surface area contributed by atoms with Crippen LogP contribution in [0.3, 0.4) is 0 Å². The van der Waals surface area contributed by atoms with Crippen LogP contribution in [0.15, 0.2) is 41.7 Å². The molecule has 26 heavy (non-hydrogen) atoms. The molecule has 0 unspecified atom stereocenters. The summed E-state index contributed by atoms with van der Waals surface area (Å²) in [4.78, 5) is 29.9. The van der Waals surface area contributed by atoms with Crippen molar-refractivity contribution in [1.29, 1.82) is 0 Å². The molecule has 1 aliphatic heterocycles. The van der Waals surface area contributed by atoms with Crippen molar-refractivity contribution in [3.05, 3.63) is 64.1 Å². The smallest absolute Gasteiger partial charge is 0.255 e. The lowest BCUT2D eigenvalue weighted by molar-refractivity contribution is 0.241. The summed E-state index contributed by atoms with van der Waals surface area (Å²) >= 11 is 0. The second kappa shape index (κ2) is 6.57. The molecule has 0 spiro atoms. The largest absolute Gasteiger partial charge is 0.504 e. The first-order chi connectivity index (χ1) is 12.6. The van der Waals surface area contributed by atoms with Crippen LogP contribution in [0.5, 0.6) is 11.5 Å². The van der Waals surface area contributed by atoms with Gasteiger partial charge in [0, 0.05) is 38.4 Å². The summed E-state index contributed by atoms with van der Waals surface area (Å²) in [5.74, 6) is 0.191. The Hall–Kier alpha value is -3.26. The van der Waals surface area contributed by atoms with E-state index in [1.165, 1.54) is 18.5 Å². The minimum atomic E-state index is -0.160. The van der Waals surface area contributed by atoms with Crippen LogP contribution in [-0.4, -0.2) is 41.6 Å². The number of fused-ring (bicyclic) bond motifs is 1. The molecule has 2 aromatic heterocycles. The van der Waals surface area contributed by atoms with Crippen LogP contribution in [0.25, 0.3) is 11.4 Å². The fourth-order valence-corrected chi connectivity index (χ4v) is 3.10. The van der Waals surface area contributed by atoms with E-state index in [-0.39, 0.29) is 17.1 Å². The van der Waals surface area contributed by atoms with Gasteiger partial charge in [-0.2, -0.15) is 0 Å². The summed E-state index contributed by atoms with van der Waals surface area (Å²) in [6.45, 7) is 1.79. The molecule has 0 saturated heterocycles. The van der Waals surface area contributed by atoms with Crippen LogP contribution >= 0.6 is 0 Å². The summed E-state index contributed by atoms with van der Waals surface area (Å²) in [6.07, 6.45) is 5.32. The van der Waals surface area contributed by atoms with Crippen LogP contribution < -0.4 is 5.56 Å². The standard InChI is InChI=1S/C18H17N5O3/c24-15-2-1-11(5-16(15)25)8-23-4-3-14-13(9-23)18(26)22-17(21-14)12-6-19-10-20-7-12/h1-2,5-7,10,24-25H,3-4,8-9H2,(H,21,22,26). The molecule has 0 amide bonds. The van der Waals surface area contributed by atoms with Gasteiger partial charge in [-0.3, -0.25) is 9.69 Å². The lowest BCUT2D eigenvalue weighted by Crippen LogP contribution is -2.35. The third-order valence-electron chi connectivity index (χ3n) is 4.43. The Morgan fingerprint density at radius 3 is 2.73 bits per heavy atom. The summed E-state index contributed by atoms with van der Waals surface area (Å²) in [5, 5.41) is 19.0. The maximum atomic E-state index is 12.5. The van der Waals surface area contributed by atoms with Crippen LogP contribution in [-0.2, 0) is 19.5 Å². The number of rotatable bonds is 3. The molecule has 132 valence electrons. The van der Waals surface area contributed by atoms with E-state index in [9.17, 15) is 15.0 Å². The molecular formula is C18H17N5O3. The molecular weight excluding hydrogens is 334 g/mol. The van der Waals surface area contributed by atoms with Gasteiger partial charge in [0.15, 0.2) is 11.5 Å². The molecule has 3 heterocycles. The number of hydrogen-bond acceptors (Lipinski definition) is 7. The molecule has 1 aliphatic rings. The molecule has 8 nitrogen and oxygen atoms in total. The second-order valence-electron chi connectivity index (χ2n) is 6.25. The number of H-pyrrole nitrogens is 1. The van der Waals surface area contributed by atoms with E-state index < -0.39 is 0 Å². The summed E-state index contributed by atoms with van der Waals surface area (Å²) < 4.78 is 0. The molecule has 0 saturated carbocycles. The van der Waals surface area contributed by atoms with Crippen molar-refractivity contribution in [2.24, 2.45) is 0 Å². The maximum absolute atomic E-state index is 12.5. The van der Waals surface area contributed by atoms with E-state index >= 15 is 0 Å². The van der Waals surface area contributed by atoms with Crippen molar-refractivity contribution in [3.8, 4) is 22.9 Å². The van der Waals surface area contributed by atoms with Gasteiger partial charge in [-0.05, 0) is 17.7 Å². The Labute approximate surface area is 148 Å². The minimum absolute atomic E-state index is 0.143. The Bertz CT molecular complexity index is 1000. The van der Waals surface area contributed by atoms with Crippen LogP contribution in [0.4, 0.5) is 0 Å². The van der Waals surface area contributed by atoms with Gasteiger partial charge < -0.3 is 15.2 Å². The summed E-state index contributed by atoms with van der Waals surface area (Å²) in [5.41, 5.74) is 2.82. The number of aromatic hydroxyl groups is 2. The minimum Gasteiger partial charge on any atom is -0.504 e. The molecule has 0 bridgehead atoms. The average molecular weight is 351 g/mol. The van der Waals surface area contributed by atoms with Gasteiger partial charge in [0.2, 0.25) is 0 Å². The quantitative estimate of drug-likeness (QED) is 0.607. The molecule has 0 atom stereocenters. The molecule has 0 radical (unpaired) electrons. The first-order valence-corrected chi connectivity index (χ1v) is 8.21. The zero-order chi connectivity index (χ0) is 18.1. The Kier molecular flexibility index (Phi) is 4.10. The van der Waals surface area contributed by atoms with E-state index in [1.54, 1.807) is 18.5 Å². The lowest BCUT2D eigenvalue weighted by atomic mass is 10.1. The zero-order valence-electron chi connectivity index (χ0n) is 13.9. The Morgan fingerprint density at radius 1 is 1.15 bits per heavy atom. The zero-order valence-corrected chi connectivity index (χ0v) is 13.9.